The molecular formula is C15H20F3NS. The van der Waals surface area contributed by atoms with E-state index in [9.17, 15) is 13.2 Å². The van der Waals surface area contributed by atoms with Crippen molar-refractivity contribution in [3.63, 3.8) is 0 Å². The molecule has 2 unspecified atom stereocenters. The first-order valence-electron chi connectivity index (χ1n) is 7.04. The number of rotatable bonds is 6. The van der Waals surface area contributed by atoms with Gasteiger partial charge in [-0.15, -0.1) is 11.8 Å². The Bertz CT molecular complexity index is 408. The lowest BCUT2D eigenvalue weighted by Gasteiger charge is -2.24. The smallest absolute Gasteiger partial charge is 0.313 e. The summed E-state index contributed by atoms with van der Waals surface area (Å²) < 4.78 is 36.8. The van der Waals surface area contributed by atoms with E-state index in [0.717, 1.165) is 13.0 Å². The molecule has 0 amide bonds. The normalized spacial score (nSPS) is 19.9. The van der Waals surface area contributed by atoms with Crippen molar-refractivity contribution < 1.29 is 13.2 Å². The van der Waals surface area contributed by atoms with Crippen molar-refractivity contribution >= 4 is 11.8 Å². The minimum Gasteiger partial charge on any atom is -0.313 e. The van der Waals surface area contributed by atoms with Crippen molar-refractivity contribution in [1.82, 2.24) is 5.32 Å². The van der Waals surface area contributed by atoms with E-state index in [1.165, 1.54) is 10.5 Å². The van der Waals surface area contributed by atoms with E-state index in [4.69, 9.17) is 0 Å². The van der Waals surface area contributed by atoms with Crippen LogP contribution < -0.4 is 5.32 Å². The van der Waals surface area contributed by atoms with Crippen LogP contribution in [0.4, 0.5) is 13.2 Å². The van der Waals surface area contributed by atoms with Crippen molar-refractivity contribution in [2.24, 2.45) is 0 Å². The molecule has 1 aromatic rings. The molecule has 0 spiro atoms. The van der Waals surface area contributed by atoms with E-state index in [0.29, 0.717) is 11.7 Å². The number of nitrogens with one attached hydrogen (secondary N) is 1. The van der Waals surface area contributed by atoms with Gasteiger partial charge < -0.3 is 5.32 Å². The summed E-state index contributed by atoms with van der Waals surface area (Å²) in [6.45, 7) is 2.80. The second kappa shape index (κ2) is 6.85. The maximum Gasteiger partial charge on any atom is 0.389 e. The van der Waals surface area contributed by atoms with Crippen molar-refractivity contribution in [3.05, 3.63) is 29.8 Å². The van der Waals surface area contributed by atoms with E-state index < -0.39 is 12.6 Å². The highest BCUT2D eigenvalue weighted by atomic mass is 32.2. The molecule has 1 heterocycles. The van der Waals surface area contributed by atoms with Crippen LogP contribution in [0.3, 0.4) is 0 Å². The molecule has 112 valence electrons. The van der Waals surface area contributed by atoms with Gasteiger partial charge in [0.25, 0.3) is 0 Å². The third kappa shape index (κ3) is 4.42. The summed E-state index contributed by atoms with van der Waals surface area (Å²) in [5.41, 5.74) is 1.32. The SMILES string of the molecule is CCNC(CCCC(F)(F)F)C1Cc2ccccc2S1. The molecule has 0 aliphatic carbocycles. The molecule has 0 aromatic heterocycles. The number of thioether (sulfide) groups is 1. The summed E-state index contributed by atoms with van der Waals surface area (Å²) in [6.07, 6.45) is -2.99. The van der Waals surface area contributed by atoms with Gasteiger partial charge in [-0.1, -0.05) is 25.1 Å². The van der Waals surface area contributed by atoms with Gasteiger partial charge in [-0.2, -0.15) is 13.2 Å². The molecule has 2 rings (SSSR count). The van der Waals surface area contributed by atoms with Gasteiger partial charge in [-0.05, 0) is 37.4 Å². The number of halogens is 3. The fourth-order valence-electron chi connectivity index (χ4n) is 2.64. The quantitative estimate of drug-likeness (QED) is 0.835. The molecule has 1 N–H and O–H groups in total. The van der Waals surface area contributed by atoms with E-state index in [1.54, 1.807) is 11.8 Å². The topological polar surface area (TPSA) is 12.0 Å². The molecule has 0 fully saturated rings. The van der Waals surface area contributed by atoms with Crippen molar-refractivity contribution in [2.75, 3.05) is 6.54 Å². The zero-order chi connectivity index (χ0) is 14.6. The van der Waals surface area contributed by atoms with Gasteiger partial charge in [0.1, 0.15) is 0 Å². The van der Waals surface area contributed by atoms with Crippen LogP contribution in [-0.2, 0) is 6.42 Å². The Labute approximate surface area is 122 Å². The van der Waals surface area contributed by atoms with E-state index >= 15 is 0 Å². The monoisotopic (exact) mass is 303 g/mol. The number of hydrogen-bond acceptors (Lipinski definition) is 2. The largest absolute Gasteiger partial charge is 0.389 e. The van der Waals surface area contributed by atoms with Crippen LogP contribution in [0.15, 0.2) is 29.2 Å². The average molecular weight is 303 g/mol. The van der Waals surface area contributed by atoms with Crippen LogP contribution in [-0.4, -0.2) is 24.0 Å². The average Bonchev–Trinajstić information content (AvgIpc) is 2.80. The van der Waals surface area contributed by atoms with Gasteiger partial charge in [0.15, 0.2) is 0 Å². The summed E-state index contributed by atoms with van der Waals surface area (Å²) in [7, 11) is 0. The van der Waals surface area contributed by atoms with Crippen LogP contribution in [0.5, 0.6) is 0 Å². The molecule has 0 saturated heterocycles. The number of fused-ring (bicyclic) bond motifs is 1. The molecule has 1 aliphatic heterocycles. The molecule has 0 radical (unpaired) electrons. The molecule has 5 heteroatoms. The summed E-state index contributed by atoms with van der Waals surface area (Å²) in [5, 5.41) is 3.71. The highest BCUT2D eigenvalue weighted by Crippen LogP contribution is 2.39. The zero-order valence-electron chi connectivity index (χ0n) is 11.5. The Balaban J connectivity index is 1.90. The summed E-state index contributed by atoms with van der Waals surface area (Å²) >= 11 is 1.80. The first-order valence-corrected chi connectivity index (χ1v) is 7.92. The fourth-order valence-corrected chi connectivity index (χ4v) is 4.08. The lowest BCUT2D eigenvalue weighted by Crippen LogP contribution is -2.38. The molecule has 20 heavy (non-hydrogen) atoms. The summed E-state index contributed by atoms with van der Waals surface area (Å²) in [5.74, 6) is 0. The fraction of sp³-hybridized carbons (Fsp3) is 0.600. The Morgan fingerprint density at radius 2 is 2.10 bits per heavy atom. The van der Waals surface area contributed by atoms with E-state index in [-0.39, 0.29) is 12.5 Å². The predicted octanol–water partition coefficient (Wildman–Crippen LogP) is 4.41. The van der Waals surface area contributed by atoms with Gasteiger partial charge >= 0.3 is 6.18 Å². The first-order chi connectivity index (χ1) is 9.49. The van der Waals surface area contributed by atoms with Crippen molar-refractivity contribution in [1.29, 1.82) is 0 Å². The van der Waals surface area contributed by atoms with Gasteiger partial charge in [0.2, 0.25) is 0 Å². The van der Waals surface area contributed by atoms with Crippen LogP contribution in [0.25, 0.3) is 0 Å². The van der Waals surface area contributed by atoms with Crippen LogP contribution in [0.1, 0.15) is 31.7 Å². The second-order valence-corrected chi connectivity index (χ2v) is 6.42. The van der Waals surface area contributed by atoms with Gasteiger partial charge in [-0.3, -0.25) is 0 Å². The molecule has 1 aliphatic rings. The highest BCUT2D eigenvalue weighted by molar-refractivity contribution is 8.00. The zero-order valence-corrected chi connectivity index (χ0v) is 12.4. The number of benzene rings is 1. The minimum atomic E-state index is -4.04. The first kappa shape index (κ1) is 15.7. The Morgan fingerprint density at radius 3 is 2.75 bits per heavy atom. The molecule has 0 bridgehead atoms. The maximum atomic E-state index is 12.3. The van der Waals surface area contributed by atoms with Crippen molar-refractivity contribution in [2.45, 2.75) is 55.0 Å². The molecule has 2 atom stereocenters. The van der Waals surface area contributed by atoms with Crippen LogP contribution >= 0.6 is 11.8 Å². The van der Waals surface area contributed by atoms with E-state index in [1.807, 2.05) is 19.1 Å². The number of alkyl halides is 3. The Hall–Kier alpha value is -0.680. The standard InChI is InChI=1S/C15H20F3NS/c1-2-19-12(7-5-9-15(16,17)18)14-10-11-6-3-4-8-13(11)20-14/h3-4,6,8,12,14,19H,2,5,7,9-10H2,1H3. The molecular weight excluding hydrogens is 283 g/mol. The highest BCUT2D eigenvalue weighted by Gasteiger charge is 2.31. The molecule has 0 saturated carbocycles. The van der Waals surface area contributed by atoms with Gasteiger partial charge in [0, 0.05) is 22.6 Å². The van der Waals surface area contributed by atoms with Crippen LogP contribution in [0.2, 0.25) is 0 Å². The van der Waals surface area contributed by atoms with Crippen molar-refractivity contribution in [3.8, 4) is 0 Å². The Morgan fingerprint density at radius 1 is 1.35 bits per heavy atom. The lowest BCUT2D eigenvalue weighted by molar-refractivity contribution is -0.135. The van der Waals surface area contributed by atoms with Gasteiger partial charge in [0.05, 0.1) is 0 Å². The summed E-state index contributed by atoms with van der Waals surface area (Å²) in [6, 6.07) is 8.40. The van der Waals surface area contributed by atoms with Crippen LogP contribution in [0, 0.1) is 0 Å². The third-order valence-electron chi connectivity index (χ3n) is 3.56. The maximum absolute atomic E-state index is 12.3. The van der Waals surface area contributed by atoms with E-state index in [2.05, 4.69) is 17.4 Å². The van der Waals surface area contributed by atoms with Gasteiger partial charge in [-0.25, -0.2) is 0 Å². The number of hydrogen-bond donors (Lipinski definition) is 1. The lowest BCUT2D eigenvalue weighted by atomic mass is 10.0. The third-order valence-corrected chi connectivity index (χ3v) is 5.01. The molecule has 1 aromatic carbocycles. The molecule has 1 nitrogen and oxygen atoms in total. The minimum absolute atomic E-state index is 0.153. The second-order valence-electron chi connectivity index (χ2n) is 5.14. The predicted molar refractivity (Wildman–Crippen MR) is 77.2 cm³/mol. The Kier molecular flexibility index (Phi) is 5.38. The summed E-state index contributed by atoms with van der Waals surface area (Å²) in [4.78, 5) is 1.27.